The van der Waals surface area contributed by atoms with Crippen LogP contribution in [0.4, 0.5) is 5.82 Å². The normalized spacial score (nSPS) is 11.4. The molecular weight excluding hydrogens is 334 g/mol. The summed E-state index contributed by atoms with van der Waals surface area (Å²) >= 11 is 0. The first kappa shape index (κ1) is 17.1. The number of sulfone groups is 1. The second-order valence-corrected chi connectivity index (χ2v) is 7.82. The Kier molecular flexibility index (Phi) is 4.55. The van der Waals surface area contributed by atoms with E-state index < -0.39 is 9.84 Å². The molecule has 25 heavy (non-hydrogen) atoms. The van der Waals surface area contributed by atoms with Crippen LogP contribution >= 0.6 is 0 Å². The molecule has 0 bridgehead atoms. The molecule has 0 saturated heterocycles. The third-order valence-electron chi connectivity index (χ3n) is 4.03. The van der Waals surface area contributed by atoms with Crippen molar-refractivity contribution in [3.63, 3.8) is 0 Å². The van der Waals surface area contributed by atoms with Crippen LogP contribution in [0, 0.1) is 0 Å². The van der Waals surface area contributed by atoms with Gasteiger partial charge in [-0.1, -0.05) is 19.1 Å². The van der Waals surface area contributed by atoms with Crippen LogP contribution in [0.25, 0.3) is 22.3 Å². The fraction of sp³-hybridized carbons (Fsp3) is 0.158. The van der Waals surface area contributed by atoms with Crippen molar-refractivity contribution in [2.75, 3.05) is 12.0 Å². The average molecular weight is 353 g/mol. The predicted octanol–water partition coefficient (Wildman–Crippen LogP) is 3.36. The molecule has 0 atom stereocenters. The highest BCUT2D eigenvalue weighted by atomic mass is 32.2. The number of hydrogen-bond acceptors (Lipinski definition) is 5. The van der Waals surface area contributed by atoms with Gasteiger partial charge in [0.25, 0.3) is 0 Å². The fourth-order valence-electron chi connectivity index (χ4n) is 2.77. The first-order valence-electron chi connectivity index (χ1n) is 7.90. The minimum absolute atomic E-state index is 0.303. The number of aryl methyl sites for hydroxylation is 1. The number of nitrogens with two attached hydrogens (primary N) is 1. The minimum atomic E-state index is -3.22. The third kappa shape index (κ3) is 3.53. The number of anilines is 1. The zero-order chi connectivity index (χ0) is 18.0. The van der Waals surface area contributed by atoms with Gasteiger partial charge < -0.3 is 5.73 Å². The van der Waals surface area contributed by atoms with E-state index in [-0.39, 0.29) is 0 Å². The number of aromatic nitrogens is 2. The van der Waals surface area contributed by atoms with Crippen molar-refractivity contribution in [2.24, 2.45) is 0 Å². The summed E-state index contributed by atoms with van der Waals surface area (Å²) < 4.78 is 23.3. The fourth-order valence-corrected chi connectivity index (χ4v) is 3.40. The van der Waals surface area contributed by atoms with Crippen LogP contribution in [0.3, 0.4) is 0 Å². The van der Waals surface area contributed by atoms with Gasteiger partial charge in [0.1, 0.15) is 5.82 Å². The number of nitrogens with zero attached hydrogens (tertiary/aromatic N) is 2. The van der Waals surface area contributed by atoms with Gasteiger partial charge in [-0.2, -0.15) is 0 Å². The van der Waals surface area contributed by atoms with E-state index in [2.05, 4.69) is 9.97 Å². The van der Waals surface area contributed by atoms with E-state index in [1.165, 1.54) is 6.26 Å². The largest absolute Gasteiger partial charge is 0.384 e. The van der Waals surface area contributed by atoms with Gasteiger partial charge in [-0.15, -0.1) is 0 Å². The van der Waals surface area contributed by atoms with Crippen LogP contribution < -0.4 is 5.73 Å². The molecule has 0 saturated carbocycles. The topological polar surface area (TPSA) is 85.9 Å². The van der Waals surface area contributed by atoms with E-state index in [0.29, 0.717) is 10.7 Å². The van der Waals surface area contributed by atoms with Gasteiger partial charge in [0, 0.05) is 35.5 Å². The zero-order valence-corrected chi connectivity index (χ0v) is 14.9. The Morgan fingerprint density at radius 2 is 1.64 bits per heavy atom. The van der Waals surface area contributed by atoms with Gasteiger partial charge >= 0.3 is 0 Å². The zero-order valence-electron chi connectivity index (χ0n) is 14.1. The Morgan fingerprint density at radius 3 is 2.20 bits per heavy atom. The molecule has 5 nitrogen and oxygen atoms in total. The predicted molar refractivity (Wildman–Crippen MR) is 99.8 cm³/mol. The van der Waals surface area contributed by atoms with E-state index in [1.807, 2.05) is 31.2 Å². The van der Waals surface area contributed by atoms with Gasteiger partial charge in [0.05, 0.1) is 4.90 Å². The summed E-state index contributed by atoms with van der Waals surface area (Å²) in [7, 11) is -3.22. The lowest BCUT2D eigenvalue weighted by Crippen LogP contribution is -1.98. The lowest BCUT2D eigenvalue weighted by molar-refractivity contribution is 0.602. The van der Waals surface area contributed by atoms with Crippen LogP contribution in [-0.4, -0.2) is 24.6 Å². The molecule has 6 heteroatoms. The molecular formula is C19H19N3O2S. The lowest BCUT2D eigenvalue weighted by atomic mass is 9.94. The Morgan fingerprint density at radius 1 is 0.960 bits per heavy atom. The number of hydrogen-bond donors (Lipinski definition) is 1. The van der Waals surface area contributed by atoms with Crippen molar-refractivity contribution in [1.29, 1.82) is 0 Å². The number of benzene rings is 1. The van der Waals surface area contributed by atoms with Crippen molar-refractivity contribution >= 4 is 15.7 Å². The molecule has 2 aromatic heterocycles. The maximum Gasteiger partial charge on any atom is 0.175 e. The molecule has 3 rings (SSSR count). The summed E-state index contributed by atoms with van der Waals surface area (Å²) in [6, 6.07) is 12.5. The molecule has 0 aliphatic heterocycles. The number of pyridine rings is 2. The first-order chi connectivity index (χ1) is 11.9. The van der Waals surface area contributed by atoms with Crippen LogP contribution in [0.1, 0.15) is 12.6 Å². The lowest BCUT2D eigenvalue weighted by Gasteiger charge is -2.14. The molecule has 0 unspecified atom stereocenters. The second-order valence-electron chi connectivity index (χ2n) is 5.80. The Hall–Kier alpha value is -2.73. The Balaban J connectivity index is 2.18. The monoisotopic (exact) mass is 353 g/mol. The van der Waals surface area contributed by atoms with Crippen LogP contribution in [0.5, 0.6) is 0 Å². The first-order valence-corrected chi connectivity index (χ1v) is 9.79. The van der Waals surface area contributed by atoms with E-state index >= 15 is 0 Å². The molecule has 128 valence electrons. The maximum atomic E-state index is 11.7. The van der Waals surface area contributed by atoms with E-state index in [4.69, 9.17) is 5.73 Å². The second kappa shape index (κ2) is 6.64. The molecule has 2 heterocycles. The van der Waals surface area contributed by atoms with Crippen LogP contribution in [0.15, 0.2) is 59.8 Å². The molecule has 1 aromatic carbocycles. The summed E-state index contributed by atoms with van der Waals surface area (Å²) in [6.45, 7) is 2.05. The number of rotatable bonds is 4. The highest BCUT2D eigenvalue weighted by molar-refractivity contribution is 7.90. The Bertz CT molecular complexity index is 996. The van der Waals surface area contributed by atoms with E-state index in [1.54, 1.807) is 30.6 Å². The van der Waals surface area contributed by atoms with E-state index in [9.17, 15) is 8.42 Å². The summed E-state index contributed by atoms with van der Waals surface area (Å²) in [4.78, 5) is 8.97. The van der Waals surface area contributed by atoms with Crippen molar-refractivity contribution in [1.82, 2.24) is 9.97 Å². The molecule has 0 fully saturated rings. The summed E-state index contributed by atoms with van der Waals surface area (Å²) in [5, 5.41) is 0. The molecule has 0 amide bonds. The van der Waals surface area contributed by atoms with Crippen LogP contribution in [0.2, 0.25) is 0 Å². The third-order valence-corrected chi connectivity index (χ3v) is 5.16. The van der Waals surface area contributed by atoms with Gasteiger partial charge in [-0.3, -0.25) is 4.98 Å². The quantitative estimate of drug-likeness (QED) is 0.777. The summed E-state index contributed by atoms with van der Waals surface area (Å²) in [5.41, 5.74) is 10.5. The smallest absolute Gasteiger partial charge is 0.175 e. The van der Waals surface area contributed by atoms with Crippen molar-refractivity contribution < 1.29 is 8.42 Å². The molecule has 0 spiro atoms. The highest BCUT2D eigenvalue weighted by Gasteiger charge is 2.14. The average Bonchev–Trinajstić information content (AvgIpc) is 2.61. The van der Waals surface area contributed by atoms with Crippen LogP contribution in [-0.2, 0) is 16.3 Å². The van der Waals surface area contributed by atoms with Crippen molar-refractivity contribution in [2.45, 2.75) is 18.2 Å². The van der Waals surface area contributed by atoms with Gasteiger partial charge in [-0.25, -0.2) is 13.4 Å². The summed E-state index contributed by atoms with van der Waals surface area (Å²) in [5.74, 6) is 0.463. The standard InChI is InChI=1S/C19H19N3O2S/c1-3-17-19(14-6-9-18(20)22-12-14)16(10-11-21-17)13-4-7-15(8-5-13)25(2,23)24/h4-12H,3H2,1-2H3,(H2,20,22). The molecule has 0 aliphatic rings. The highest BCUT2D eigenvalue weighted by Crippen LogP contribution is 2.34. The SMILES string of the molecule is CCc1nccc(-c2ccc(S(C)(=O)=O)cc2)c1-c1ccc(N)nc1. The van der Waals surface area contributed by atoms with Gasteiger partial charge in [0.2, 0.25) is 0 Å². The molecule has 0 aliphatic carbocycles. The van der Waals surface area contributed by atoms with Crippen molar-refractivity contribution in [3.05, 3.63) is 60.6 Å². The Labute approximate surface area is 147 Å². The van der Waals surface area contributed by atoms with E-state index in [0.717, 1.165) is 34.4 Å². The molecule has 2 N–H and O–H groups in total. The molecule has 0 radical (unpaired) electrons. The minimum Gasteiger partial charge on any atom is -0.384 e. The van der Waals surface area contributed by atoms with Gasteiger partial charge in [-0.05, 0) is 47.9 Å². The number of nitrogen functional groups attached to an aromatic ring is 1. The maximum absolute atomic E-state index is 11.7. The molecule has 3 aromatic rings. The summed E-state index contributed by atoms with van der Waals surface area (Å²) in [6.07, 6.45) is 5.48. The van der Waals surface area contributed by atoms with Crippen molar-refractivity contribution in [3.8, 4) is 22.3 Å². The van der Waals surface area contributed by atoms with Gasteiger partial charge in [0.15, 0.2) is 9.84 Å².